The molecule has 28 heavy (non-hydrogen) atoms. The predicted octanol–water partition coefficient (Wildman–Crippen LogP) is 8.09. The zero-order valence-electron chi connectivity index (χ0n) is 17.5. The molecule has 2 atom stereocenters. The maximum atomic E-state index is 2.53. The molecule has 0 aliphatic heterocycles. The zero-order valence-corrected chi connectivity index (χ0v) is 17.5. The summed E-state index contributed by atoms with van der Waals surface area (Å²) in [7, 11) is 0. The van der Waals surface area contributed by atoms with E-state index in [0.29, 0.717) is 11.8 Å². The van der Waals surface area contributed by atoms with Crippen molar-refractivity contribution in [2.45, 2.75) is 58.3 Å². The van der Waals surface area contributed by atoms with E-state index < -0.39 is 0 Å². The lowest BCUT2D eigenvalue weighted by Gasteiger charge is -2.25. The van der Waals surface area contributed by atoms with Crippen molar-refractivity contribution in [2.75, 3.05) is 0 Å². The fourth-order valence-electron chi connectivity index (χ4n) is 4.73. The van der Waals surface area contributed by atoms with Gasteiger partial charge in [0, 0.05) is 5.92 Å². The van der Waals surface area contributed by atoms with Gasteiger partial charge in [0.1, 0.15) is 0 Å². The van der Waals surface area contributed by atoms with Crippen LogP contribution in [0.2, 0.25) is 0 Å². The topological polar surface area (TPSA) is 0 Å². The summed E-state index contributed by atoms with van der Waals surface area (Å²) < 4.78 is 0. The summed E-state index contributed by atoms with van der Waals surface area (Å²) in [5.41, 5.74) is 5.38. The molecule has 2 aromatic rings. The molecule has 2 aromatic carbocycles. The molecule has 0 bridgehead atoms. The molecule has 0 aromatic heterocycles. The Morgan fingerprint density at radius 1 is 0.679 bits per heavy atom. The molecule has 2 unspecified atom stereocenters. The summed E-state index contributed by atoms with van der Waals surface area (Å²) in [4.78, 5) is 0. The Morgan fingerprint density at radius 2 is 1.32 bits per heavy atom. The minimum absolute atomic E-state index is 0.576. The molecule has 1 saturated carbocycles. The summed E-state index contributed by atoms with van der Waals surface area (Å²) >= 11 is 0. The maximum Gasteiger partial charge on any atom is 0.00185 e. The Hall–Kier alpha value is -2.08. The van der Waals surface area contributed by atoms with Crippen LogP contribution in [0.25, 0.3) is 11.1 Å². The normalized spacial score (nSPS) is 27.9. The van der Waals surface area contributed by atoms with Gasteiger partial charge >= 0.3 is 0 Å². The van der Waals surface area contributed by atoms with Crippen molar-refractivity contribution in [2.24, 2.45) is 17.8 Å². The van der Waals surface area contributed by atoms with Crippen LogP contribution >= 0.6 is 0 Å². The van der Waals surface area contributed by atoms with Gasteiger partial charge in [-0.1, -0.05) is 98.2 Å². The number of hydrogen-bond acceptors (Lipinski definition) is 0. The first-order valence-electron chi connectivity index (χ1n) is 11.2. The Balaban J connectivity index is 1.35. The van der Waals surface area contributed by atoms with Crippen molar-refractivity contribution >= 4 is 0 Å². The highest BCUT2D eigenvalue weighted by molar-refractivity contribution is 5.64. The molecular formula is C28H34. The maximum absolute atomic E-state index is 2.53. The van der Waals surface area contributed by atoms with Crippen LogP contribution < -0.4 is 0 Å². The van der Waals surface area contributed by atoms with Crippen LogP contribution in [0.4, 0.5) is 0 Å². The first-order chi connectivity index (χ1) is 13.7. The second kappa shape index (κ2) is 8.95. The molecule has 146 valence electrons. The highest BCUT2D eigenvalue weighted by Crippen LogP contribution is 2.34. The number of hydrogen-bond donors (Lipinski definition) is 0. The van der Waals surface area contributed by atoms with E-state index in [1.165, 1.54) is 60.8 Å². The molecule has 2 aliphatic rings. The van der Waals surface area contributed by atoms with Gasteiger partial charge in [-0.25, -0.2) is 0 Å². The van der Waals surface area contributed by atoms with Crippen molar-refractivity contribution in [3.05, 3.63) is 84.0 Å². The Morgan fingerprint density at radius 3 is 1.93 bits per heavy atom. The summed E-state index contributed by atoms with van der Waals surface area (Å²) in [5, 5.41) is 0. The van der Waals surface area contributed by atoms with E-state index in [9.17, 15) is 0 Å². The summed E-state index contributed by atoms with van der Waals surface area (Å²) in [6, 6.07) is 18.0. The molecule has 0 saturated heterocycles. The van der Waals surface area contributed by atoms with Crippen molar-refractivity contribution in [3.63, 3.8) is 0 Å². The second-order valence-electron chi connectivity index (χ2n) is 9.13. The Kier molecular flexibility index (Phi) is 6.15. The Bertz CT molecular complexity index is 798. The third-order valence-corrected chi connectivity index (χ3v) is 6.82. The molecule has 0 heteroatoms. The van der Waals surface area contributed by atoms with Crippen molar-refractivity contribution in [1.29, 1.82) is 0 Å². The van der Waals surface area contributed by atoms with Crippen LogP contribution in [-0.4, -0.2) is 0 Å². The fourth-order valence-corrected chi connectivity index (χ4v) is 4.73. The van der Waals surface area contributed by atoms with Crippen molar-refractivity contribution in [1.82, 2.24) is 0 Å². The van der Waals surface area contributed by atoms with Gasteiger partial charge in [-0.05, 0) is 67.1 Å². The highest BCUT2D eigenvalue weighted by atomic mass is 14.2. The van der Waals surface area contributed by atoms with E-state index in [1.54, 1.807) is 0 Å². The molecule has 0 spiro atoms. The molecular weight excluding hydrogens is 336 g/mol. The minimum atomic E-state index is 0.576. The monoisotopic (exact) mass is 370 g/mol. The third-order valence-electron chi connectivity index (χ3n) is 6.82. The largest absolute Gasteiger partial charge is 0.0848 e. The average Bonchev–Trinajstić information content (AvgIpc) is 2.74. The lowest BCUT2D eigenvalue weighted by Crippen LogP contribution is -2.11. The van der Waals surface area contributed by atoms with Gasteiger partial charge in [0.15, 0.2) is 0 Å². The molecule has 4 rings (SSSR count). The third kappa shape index (κ3) is 4.85. The molecule has 1 fully saturated rings. The number of benzene rings is 2. The van der Waals surface area contributed by atoms with Crippen molar-refractivity contribution in [3.8, 4) is 11.1 Å². The number of allylic oxidation sites excluding steroid dienone is 4. The molecule has 0 amide bonds. The van der Waals surface area contributed by atoms with E-state index in [0.717, 1.165) is 11.8 Å². The lowest BCUT2D eigenvalue weighted by atomic mass is 9.81. The molecule has 0 N–H and O–H groups in total. The van der Waals surface area contributed by atoms with E-state index in [-0.39, 0.29) is 0 Å². The standard InChI is InChI=1S/C28H34/c1-21-3-7-23(8-4-21)9-10-24-11-15-26(16-12-24)28-19-17-27(18-20-28)25-13-5-22(2)6-14-25/h5-6,9-11,13-15,17-21,23-24,26H,3-4,7-8,12,16H2,1-2H3/b10-9+. The van der Waals surface area contributed by atoms with Gasteiger partial charge in [-0.15, -0.1) is 0 Å². The number of aryl methyl sites for hydroxylation is 1. The first-order valence-corrected chi connectivity index (χ1v) is 11.2. The fraction of sp³-hybridized carbons (Fsp3) is 0.429. The summed E-state index contributed by atoms with van der Waals surface area (Å²) in [6.45, 7) is 4.54. The van der Waals surface area contributed by atoms with Gasteiger partial charge in [0.25, 0.3) is 0 Å². The van der Waals surface area contributed by atoms with E-state index >= 15 is 0 Å². The van der Waals surface area contributed by atoms with Gasteiger partial charge in [-0.2, -0.15) is 0 Å². The second-order valence-corrected chi connectivity index (χ2v) is 9.13. The van der Waals surface area contributed by atoms with Gasteiger partial charge < -0.3 is 0 Å². The van der Waals surface area contributed by atoms with E-state index in [2.05, 4.69) is 86.7 Å². The highest BCUT2D eigenvalue weighted by Gasteiger charge is 2.18. The molecule has 0 heterocycles. The van der Waals surface area contributed by atoms with Crippen LogP contribution in [-0.2, 0) is 0 Å². The first kappa shape index (κ1) is 19.2. The van der Waals surface area contributed by atoms with Crippen LogP contribution in [0, 0.1) is 24.7 Å². The number of rotatable bonds is 4. The van der Waals surface area contributed by atoms with Gasteiger partial charge in [-0.3, -0.25) is 0 Å². The van der Waals surface area contributed by atoms with E-state index in [4.69, 9.17) is 0 Å². The summed E-state index contributed by atoms with van der Waals surface area (Å²) in [6.07, 6.45) is 18.1. The Labute approximate surface area is 171 Å². The predicted molar refractivity (Wildman–Crippen MR) is 121 cm³/mol. The van der Waals surface area contributed by atoms with Crippen LogP contribution in [0.1, 0.15) is 62.5 Å². The molecule has 0 nitrogen and oxygen atoms in total. The van der Waals surface area contributed by atoms with Gasteiger partial charge in [0.05, 0.1) is 0 Å². The van der Waals surface area contributed by atoms with E-state index in [1.807, 2.05) is 0 Å². The van der Waals surface area contributed by atoms with Crippen LogP contribution in [0.5, 0.6) is 0 Å². The quantitative estimate of drug-likeness (QED) is 0.477. The average molecular weight is 371 g/mol. The minimum Gasteiger partial charge on any atom is -0.0848 e. The molecule has 2 aliphatic carbocycles. The van der Waals surface area contributed by atoms with Crippen LogP contribution in [0.3, 0.4) is 0 Å². The smallest absolute Gasteiger partial charge is 0.00185 e. The summed E-state index contributed by atoms with van der Waals surface area (Å²) in [5.74, 6) is 2.99. The van der Waals surface area contributed by atoms with Crippen LogP contribution in [0.15, 0.2) is 72.8 Å². The molecule has 0 radical (unpaired) electrons. The SMILES string of the molecule is Cc1ccc(-c2ccc(C3C=CC(/C=C/C4CCC(C)CC4)CC3)cc2)cc1. The van der Waals surface area contributed by atoms with Gasteiger partial charge in [0.2, 0.25) is 0 Å². The van der Waals surface area contributed by atoms with Crippen molar-refractivity contribution < 1.29 is 0 Å². The zero-order chi connectivity index (χ0) is 19.3. The lowest BCUT2D eigenvalue weighted by molar-refractivity contribution is 0.329.